The Kier molecular flexibility index (Phi) is 4.62. The fourth-order valence-corrected chi connectivity index (χ4v) is 4.96. The van der Waals surface area contributed by atoms with Gasteiger partial charge in [-0.05, 0) is 30.7 Å². The van der Waals surface area contributed by atoms with Crippen LogP contribution in [0.15, 0.2) is 45.6 Å². The van der Waals surface area contributed by atoms with Crippen molar-refractivity contribution in [2.45, 2.75) is 22.3 Å². The maximum absolute atomic E-state index is 12.4. The molecule has 0 saturated carbocycles. The summed E-state index contributed by atoms with van der Waals surface area (Å²) >= 11 is 1.51. The molecule has 0 radical (unpaired) electrons. The highest BCUT2D eigenvalue weighted by Gasteiger charge is 2.28. The van der Waals surface area contributed by atoms with Crippen molar-refractivity contribution in [3.05, 3.63) is 35.8 Å². The fourth-order valence-electron chi connectivity index (χ4n) is 2.50. The first kappa shape index (κ1) is 17.3. The van der Waals surface area contributed by atoms with Crippen molar-refractivity contribution in [2.24, 2.45) is 5.14 Å². The molecule has 8 nitrogen and oxygen atoms in total. The summed E-state index contributed by atoms with van der Waals surface area (Å²) in [5, 5.41) is 7.75. The maximum Gasteiger partial charge on any atom is 0.240 e. The van der Waals surface area contributed by atoms with Gasteiger partial charge in [0.1, 0.15) is 0 Å². The van der Waals surface area contributed by atoms with Crippen LogP contribution in [0, 0.1) is 0 Å². The van der Waals surface area contributed by atoms with E-state index >= 15 is 0 Å². The minimum atomic E-state index is -3.85. The van der Waals surface area contributed by atoms with E-state index in [0.29, 0.717) is 13.0 Å². The van der Waals surface area contributed by atoms with Crippen molar-refractivity contribution in [1.29, 1.82) is 0 Å². The molecular formula is C13H16N4O4S3. The van der Waals surface area contributed by atoms with Crippen molar-refractivity contribution < 1.29 is 16.8 Å². The molecule has 3 N–H and O–H groups in total. The summed E-state index contributed by atoms with van der Waals surface area (Å²) in [6.07, 6.45) is 2.39. The number of thiazole rings is 1. The van der Waals surface area contributed by atoms with Gasteiger partial charge < -0.3 is 4.90 Å². The van der Waals surface area contributed by atoms with Crippen LogP contribution in [0.25, 0.3) is 0 Å². The Balaban J connectivity index is 1.70. The number of aromatic nitrogens is 1. The van der Waals surface area contributed by atoms with Crippen LogP contribution < -0.4 is 14.8 Å². The predicted octanol–water partition coefficient (Wildman–Crippen LogP) is 0.348. The van der Waals surface area contributed by atoms with Crippen LogP contribution in [-0.4, -0.2) is 41.0 Å². The summed E-state index contributed by atoms with van der Waals surface area (Å²) in [5.74, 6) is 0. The quantitative estimate of drug-likeness (QED) is 0.762. The number of nitrogens with two attached hydrogens (primary N) is 1. The normalized spacial score (nSPS) is 18.9. The molecule has 2 aromatic rings. The molecule has 1 aromatic carbocycles. The van der Waals surface area contributed by atoms with Crippen LogP contribution >= 0.6 is 11.3 Å². The minimum Gasteiger partial charge on any atom is -0.346 e. The summed E-state index contributed by atoms with van der Waals surface area (Å²) in [4.78, 5) is 6.12. The third-order valence-electron chi connectivity index (χ3n) is 3.66. The second-order valence-corrected chi connectivity index (χ2v) is 9.53. The lowest BCUT2D eigenvalue weighted by atomic mass is 10.3. The number of nitrogens with zero attached hydrogens (tertiary/aromatic N) is 2. The molecule has 0 bridgehead atoms. The summed E-state index contributed by atoms with van der Waals surface area (Å²) in [5.41, 5.74) is 0. The van der Waals surface area contributed by atoms with E-state index in [1.807, 2.05) is 10.3 Å². The van der Waals surface area contributed by atoms with Gasteiger partial charge in [0, 0.05) is 30.7 Å². The molecular weight excluding hydrogens is 372 g/mol. The van der Waals surface area contributed by atoms with E-state index < -0.39 is 20.0 Å². The second kappa shape index (κ2) is 6.41. The summed E-state index contributed by atoms with van der Waals surface area (Å²) in [7, 11) is -7.58. The molecule has 1 saturated heterocycles. The highest BCUT2D eigenvalue weighted by Crippen LogP contribution is 2.23. The van der Waals surface area contributed by atoms with Crippen LogP contribution in [0.3, 0.4) is 0 Å². The van der Waals surface area contributed by atoms with Crippen LogP contribution in [0.4, 0.5) is 5.13 Å². The Morgan fingerprint density at radius 2 is 1.83 bits per heavy atom. The van der Waals surface area contributed by atoms with E-state index in [1.54, 1.807) is 6.20 Å². The Bertz CT molecular complexity index is 909. The summed E-state index contributed by atoms with van der Waals surface area (Å²) in [6.45, 7) is 1.27. The van der Waals surface area contributed by atoms with Crippen molar-refractivity contribution >= 4 is 36.5 Å². The second-order valence-electron chi connectivity index (χ2n) is 5.38. The smallest absolute Gasteiger partial charge is 0.240 e. The standard InChI is InChI=1S/C13H16N4O4S3/c14-23(18,19)11-1-3-12(4-2-11)24(20,21)16-10-5-7-17(9-10)13-15-6-8-22-13/h1-4,6,8,10,16H,5,7,9H2,(H2,14,18,19). The molecule has 130 valence electrons. The number of nitrogens with one attached hydrogen (secondary N) is 1. The Morgan fingerprint density at radius 3 is 2.42 bits per heavy atom. The largest absolute Gasteiger partial charge is 0.346 e. The van der Waals surface area contributed by atoms with Gasteiger partial charge in [-0.1, -0.05) is 0 Å². The van der Waals surface area contributed by atoms with E-state index in [9.17, 15) is 16.8 Å². The lowest BCUT2D eigenvalue weighted by Gasteiger charge is -2.16. The van der Waals surface area contributed by atoms with Crippen LogP contribution in [0.2, 0.25) is 0 Å². The predicted molar refractivity (Wildman–Crippen MR) is 90.9 cm³/mol. The third kappa shape index (κ3) is 3.75. The monoisotopic (exact) mass is 388 g/mol. The van der Waals surface area contributed by atoms with Gasteiger partial charge >= 0.3 is 0 Å². The number of hydrogen-bond acceptors (Lipinski definition) is 7. The molecule has 1 fully saturated rings. The Labute approximate surface area is 144 Å². The van der Waals surface area contributed by atoms with Crippen LogP contribution in [-0.2, 0) is 20.0 Å². The molecule has 24 heavy (non-hydrogen) atoms. The van der Waals surface area contributed by atoms with Crippen molar-refractivity contribution in [1.82, 2.24) is 9.71 Å². The fraction of sp³-hybridized carbons (Fsp3) is 0.308. The van der Waals surface area contributed by atoms with Gasteiger partial charge in [-0.3, -0.25) is 0 Å². The number of hydrogen-bond donors (Lipinski definition) is 2. The van der Waals surface area contributed by atoms with Gasteiger partial charge in [-0.25, -0.2) is 31.7 Å². The van der Waals surface area contributed by atoms with Gasteiger partial charge in [0.05, 0.1) is 9.79 Å². The molecule has 2 heterocycles. The molecule has 0 spiro atoms. The van der Waals surface area contributed by atoms with Gasteiger partial charge in [0.2, 0.25) is 20.0 Å². The first-order valence-electron chi connectivity index (χ1n) is 7.05. The number of sulfonamides is 2. The van der Waals surface area contributed by atoms with E-state index in [4.69, 9.17) is 5.14 Å². The van der Waals surface area contributed by atoms with E-state index in [-0.39, 0.29) is 15.8 Å². The number of anilines is 1. The molecule has 3 rings (SSSR count). The Morgan fingerprint density at radius 1 is 1.17 bits per heavy atom. The van der Waals surface area contributed by atoms with Gasteiger partial charge in [0.25, 0.3) is 0 Å². The highest BCUT2D eigenvalue weighted by atomic mass is 32.2. The average Bonchev–Trinajstić information content (AvgIpc) is 3.17. The lowest BCUT2D eigenvalue weighted by Crippen LogP contribution is -2.37. The third-order valence-corrected chi connectivity index (χ3v) is 6.96. The topological polar surface area (TPSA) is 122 Å². The van der Waals surface area contributed by atoms with Crippen molar-refractivity contribution in [3.63, 3.8) is 0 Å². The average molecular weight is 388 g/mol. The zero-order chi connectivity index (χ0) is 17.4. The number of rotatable bonds is 5. The van der Waals surface area contributed by atoms with Crippen molar-refractivity contribution in [2.75, 3.05) is 18.0 Å². The molecule has 1 atom stereocenters. The Hall–Kier alpha value is -1.53. The van der Waals surface area contributed by atoms with E-state index in [2.05, 4.69) is 9.71 Å². The highest BCUT2D eigenvalue weighted by molar-refractivity contribution is 7.89. The summed E-state index contributed by atoms with van der Waals surface area (Å²) in [6, 6.07) is 4.60. The van der Waals surface area contributed by atoms with Crippen molar-refractivity contribution in [3.8, 4) is 0 Å². The molecule has 1 unspecified atom stereocenters. The van der Waals surface area contributed by atoms with Gasteiger partial charge in [-0.15, -0.1) is 11.3 Å². The number of primary sulfonamides is 1. The van der Waals surface area contributed by atoms with Gasteiger partial charge in [0.15, 0.2) is 5.13 Å². The molecule has 0 amide bonds. The first-order valence-corrected chi connectivity index (χ1v) is 11.0. The van der Waals surface area contributed by atoms with Crippen LogP contribution in [0.1, 0.15) is 6.42 Å². The molecule has 1 aromatic heterocycles. The van der Waals surface area contributed by atoms with E-state index in [0.717, 1.165) is 11.7 Å². The lowest BCUT2D eigenvalue weighted by molar-refractivity contribution is 0.561. The molecule has 11 heteroatoms. The minimum absolute atomic E-state index is 0.00241. The van der Waals surface area contributed by atoms with Gasteiger partial charge in [-0.2, -0.15) is 0 Å². The SMILES string of the molecule is NS(=O)(=O)c1ccc(S(=O)(=O)NC2CCN(c3nccs3)C2)cc1. The van der Waals surface area contributed by atoms with E-state index in [1.165, 1.54) is 35.6 Å². The first-order chi connectivity index (χ1) is 11.3. The maximum atomic E-state index is 12.4. The number of benzene rings is 1. The molecule has 1 aliphatic rings. The molecule has 0 aliphatic carbocycles. The summed E-state index contributed by atoms with van der Waals surface area (Å²) < 4.78 is 49.9. The molecule has 1 aliphatic heterocycles. The van der Waals surface area contributed by atoms with Crippen LogP contribution in [0.5, 0.6) is 0 Å². The zero-order valence-corrected chi connectivity index (χ0v) is 14.9. The zero-order valence-electron chi connectivity index (χ0n) is 12.5.